The number of halogens is 1. The van der Waals surface area contributed by atoms with Crippen LogP contribution in [0.5, 0.6) is 0 Å². The highest BCUT2D eigenvalue weighted by Crippen LogP contribution is 2.28. The number of aromatic nitrogens is 4. The van der Waals surface area contributed by atoms with E-state index in [1.807, 2.05) is 72.8 Å². The van der Waals surface area contributed by atoms with Crippen LogP contribution in [0.2, 0.25) is 5.02 Å². The number of fused-ring (bicyclic) bond motifs is 1. The summed E-state index contributed by atoms with van der Waals surface area (Å²) < 4.78 is 5.45. The number of benzene rings is 3. The fraction of sp³-hybridized carbons (Fsp3) is 0.250. The Morgan fingerprint density at radius 1 is 0.767 bits per heavy atom. The van der Waals surface area contributed by atoms with Gasteiger partial charge in [0.25, 0.3) is 0 Å². The Morgan fingerprint density at radius 3 is 2.09 bits per heavy atom. The van der Waals surface area contributed by atoms with E-state index in [9.17, 15) is 0 Å². The molecule has 1 aliphatic heterocycles. The van der Waals surface area contributed by atoms with Crippen LogP contribution in [0, 0.1) is 6.92 Å². The van der Waals surface area contributed by atoms with Crippen molar-refractivity contribution in [3.63, 3.8) is 0 Å². The van der Waals surface area contributed by atoms with Gasteiger partial charge in [0, 0.05) is 59.0 Å². The first-order valence-electron chi connectivity index (χ1n) is 14.4. The highest BCUT2D eigenvalue weighted by molar-refractivity contribution is 6.31. The van der Waals surface area contributed by atoms with E-state index in [0.29, 0.717) is 22.9 Å². The summed E-state index contributed by atoms with van der Waals surface area (Å²) in [5, 5.41) is 15.2. The zero-order chi connectivity index (χ0) is 29.4. The first kappa shape index (κ1) is 28.6. The minimum Gasteiger partial charge on any atom is -0.379 e. The number of ether oxygens (including phenoxy) is 1. The molecule has 0 amide bonds. The molecule has 0 unspecified atom stereocenters. The quantitative estimate of drug-likeness (QED) is 0.122. The predicted octanol–water partition coefficient (Wildman–Crippen LogP) is 6.75. The van der Waals surface area contributed by atoms with Crippen molar-refractivity contribution in [3.05, 3.63) is 89.6 Å². The minimum absolute atomic E-state index is 0.443. The van der Waals surface area contributed by atoms with E-state index in [-0.39, 0.29) is 0 Å². The zero-order valence-electron chi connectivity index (χ0n) is 24.0. The Bertz CT molecular complexity index is 1660. The van der Waals surface area contributed by atoms with Crippen LogP contribution in [0.15, 0.2) is 79.0 Å². The van der Waals surface area contributed by atoms with Crippen LogP contribution in [0.3, 0.4) is 0 Å². The van der Waals surface area contributed by atoms with Gasteiger partial charge in [0.15, 0.2) is 0 Å². The summed E-state index contributed by atoms with van der Waals surface area (Å²) in [5.74, 6) is 1.41. The number of rotatable bonds is 11. The number of nitrogens with zero attached hydrogens (tertiary/aromatic N) is 5. The van der Waals surface area contributed by atoms with Gasteiger partial charge in [0.05, 0.1) is 18.7 Å². The molecule has 0 aliphatic carbocycles. The fourth-order valence-corrected chi connectivity index (χ4v) is 4.98. The average Bonchev–Trinajstić information content (AvgIpc) is 3.02. The maximum Gasteiger partial charge on any atom is 0.233 e. The summed E-state index contributed by atoms with van der Waals surface area (Å²) in [6, 6.07) is 23.7. The maximum atomic E-state index is 6.15. The van der Waals surface area contributed by atoms with Gasteiger partial charge in [-0.1, -0.05) is 29.3 Å². The normalized spacial score (nSPS) is 13.5. The van der Waals surface area contributed by atoms with Crippen molar-refractivity contribution in [1.82, 2.24) is 24.8 Å². The van der Waals surface area contributed by atoms with Crippen LogP contribution in [0.1, 0.15) is 12.0 Å². The number of aryl methyl sites for hydroxylation is 1. The lowest BCUT2D eigenvalue weighted by Gasteiger charge is -2.26. The van der Waals surface area contributed by atoms with E-state index >= 15 is 0 Å². The molecule has 0 saturated carbocycles. The monoisotopic (exact) mass is 595 g/mol. The third kappa shape index (κ3) is 7.86. The third-order valence-electron chi connectivity index (χ3n) is 7.11. The summed E-state index contributed by atoms with van der Waals surface area (Å²) in [6.07, 6.45) is 2.75. The Hall–Kier alpha value is -4.51. The average molecular weight is 596 g/mol. The SMILES string of the molecule is Cc1ccc(Nc2nc(NCCCN3CCOCC3)nc(Nc3ccc(Nc4ccnc5cc(Cl)ccc45)cc3)n2)cc1. The van der Waals surface area contributed by atoms with E-state index in [1.54, 1.807) is 6.20 Å². The molecule has 1 saturated heterocycles. The molecule has 10 nitrogen and oxygen atoms in total. The molecule has 43 heavy (non-hydrogen) atoms. The highest BCUT2D eigenvalue weighted by atomic mass is 35.5. The fourth-order valence-electron chi connectivity index (χ4n) is 4.81. The molecular formula is C32H34ClN9O. The Kier molecular flexibility index (Phi) is 9.07. The van der Waals surface area contributed by atoms with Crippen molar-refractivity contribution < 1.29 is 4.74 Å². The molecule has 6 rings (SSSR count). The van der Waals surface area contributed by atoms with Gasteiger partial charge in [-0.2, -0.15) is 15.0 Å². The van der Waals surface area contributed by atoms with Gasteiger partial charge < -0.3 is 26.0 Å². The van der Waals surface area contributed by atoms with E-state index in [2.05, 4.69) is 53.0 Å². The summed E-state index contributed by atoms with van der Waals surface area (Å²) in [7, 11) is 0. The Morgan fingerprint density at radius 2 is 1.40 bits per heavy atom. The molecule has 1 fully saturated rings. The second-order valence-electron chi connectivity index (χ2n) is 10.4. The van der Waals surface area contributed by atoms with Crippen molar-refractivity contribution in [3.8, 4) is 0 Å². The molecule has 3 aromatic carbocycles. The van der Waals surface area contributed by atoms with Gasteiger partial charge in [-0.3, -0.25) is 9.88 Å². The number of hydrogen-bond donors (Lipinski definition) is 4. The first-order valence-corrected chi connectivity index (χ1v) is 14.8. The topological polar surface area (TPSA) is 112 Å². The summed E-state index contributed by atoms with van der Waals surface area (Å²) in [4.78, 5) is 20.8. The van der Waals surface area contributed by atoms with Gasteiger partial charge >= 0.3 is 0 Å². The van der Waals surface area contributed by atoms with Gasteiger partial charge in [-0.05, 0) is 80.6 Å². The molecule has 11 heteroatoms. The van der Waals surface area contributed by atoms with E-state index in [0.717, 1.165) is 79.5 Å². The van der Waals surface area contributed by atoms with Gasteiger partial charge in [0.1, 0.15) is 0 Å². The van der Waals surface area contributed by atoms with Crippen molar-refractivity contribution >= 4 is 63.1 Å². The van der Waals surface area contributed by atoms with Crippen LogP contribution >= 0.6 is 11.6 Å². The van der Waals surface area contributed by atoms with Crippen LogP contribution in [-0.4, -0.2) is 64.2 Å². The van der Waals surface area contributed by atoms with Crippen molar-refractivity contribution in [2.45, 2.75) is 13.3 Å². The molecule has 0 radical (unpaired) electrons. The highest BCUT2D eigenvalue weighted by Gasteiger charge is 2.11. The lowest BCUT2D eigenvalue weighted by Crippen LogP contribution is -2.37. The number of anilines is 7. The minimum atomic E-state index is 0.443. The van der Waals surface area contributed by atoms with E-state index < -0.39 is 0 Å². The number of morpholine rings is 1. The molecule has 0 atom stereocenters. The molecule has 0 bridgehead atoms. The molecule has 220 valence electrons. The lowest BCUT2D eigenvalue weighted by atomic mass is 10.2. The van der Waals surface area contributed by atoms with E-state index in [1.165, 1.54) is 5.56 Å². The first-order chi connectivity index (χ1) is 21.1. The molecule has 4 N–H and O–H groups in total. The molecule has 1 aliphatic rings. The summed E-state index contributed by atoms with van der Waals surface area (Å²) in [6.45, 7) is 7.38. The molecule has 0 spiro atoms. The standard InChI is InChI=1S/C32H34ClN9O/c1-22-3-6-25(7-4-22)37-31-39-30(35-14-2-16-42-17-19-43-20-18-42)40-32(41-31)38-26-10-8-24(9-11-26)36-28-13-15-34-29-21-23(33)5-12-27(28)29/h3-13,15,21H,2,14,16-20H2,1H3,(H,34,36)(H3,35,37,38,39,40,41). The van der Waals surface area contributed by atoms with Crippen molar-refractivity contribution in [1.29, 1.82) is 0 Å². The number of pyridine rings is 1. The summed E-state index contributed by atoms with van der Waals surface area (Å²) >= 11 is 6.15. The molecule has 5 aromatic rings. The van der Waals surface area contributed by atoms with Crippen molar-refractivity contribution in [2.24, 2.45) is 0 Å². The Labute approximate surface area is 255 Å². The van der Waals surface area contributed by atoms with Gasteiger partial charge in [0.2, 0.25) is 17.8 Å². The van der Waals surface area contributed by atoms with Gasteiger partial charge in [-0.15, -0.1) is 0 Å². The lowest BCUT2D eigenvalue weighted by molar-refractivity contribution is 0.0378. The molecule has 3 heterocycles. The van der Waals surface area contributed by atoms with Crippen molar-refractivity contribution in [2.75, 3.05) is 60.7 Å². The van der Waals surface area contributed by atoms with Crippen LogP contribution in [0.4, 0.5) is 40.6 Å². The van der Waals surface area contributed by atoms with E-state index in [4.69, 9.17) is 16.3 Å². The maximum absolute atomic E-state index is 6.15. The number of hydrogen-bond acceptors (Lipinski definition) is 10. The second-order valence-corrected chi connectivity index (χ2v) is 10.8. The molecular weight excluding hydrogens is 562 g/mol. The van der Waals surface area contributed by atoms with Crippen LogP contribution in [0.25, 0.3) is 10.9 Å². The predicted molar refractivity (Wildman–Crippen MR) is 174 cm³/mol. The smallest absolute Gasteiger partial charge is 0.233 e. The third-order valence-corrected chi connectivity index (χ3v) is 7.34. The van der Waals surface area contributed by atoms with Crippen LogP contribution < -0.4 is 21.3 Å². The molecule has 2 aromatic heterocycles. The Balaban J connectivity index is 1.15. The summed E-state index contributed by atoms with van der Waals surface area (Å²) in [5.41, 5.74) is 5.67. The van der Waals surface area contributed by atoms with Gasteiger partial charge in [-0.25, -0.2) is 0 Å². The van der Waals surface area contributed by atoms with Crippen LogP contribution in [-0.2, 0) is 4.74 Å². The zero-order valence-corrected chi connectivity index (χ0v) is 24.7. The largest absolute Gasteiger partial charge is 0.379 e. The second kappa shape index (κ2) is 13.6. The number of nitrogens with one attached hydrogen (secondary N) is 4.